The van der Waals surface area contributed by atoms with Crippen LogP contribution in [0.15, 0.2) is 97.1 Å². The molecule has 15 rings (SSSR count). The maximum atomic E-state index is 15.5. The first kappa shape index (κ1) is 59.7. The molecule has 0 radical (unpaired) electrons. The van der Waals surface area contributed by atoms with Crippen LogP contribution < -0.4 is 0 Å². The fourth-order valence-electron chi connectivity index (χ4n) is 17.6. The van der Waals surface area contributed by atoms with Crippen LogP contribution in [0.1, 0.15) is 265 Å². The standard InChI is InChI=1S/C80H80N4O8/c1-5-9-13-17-23-45(24-18-14-10-6-2)81-73(85)55-37-29-47-51-33-41-59-71-60(42-34-52(67(51)71)48-30-38-56(74(81)86)69(55)65(47)48)78(90)83(77(59)89)63-27-21-22-28-64(63)84-79(91)61-43-35-53-49-31-39-57-70-58(40-32-50(66(49)70)54-36-44-62(80(84)92)72(61)68(53)54)76(88)82(75(57)87)46(25-19-15-11-7-3)26-20-16-12-8-4/h29-46,63-64H,5-28H2,1-4H3/t63-,64-/m0/s1. The van der Waals surface area contributed by atoms with E-state index < -0.39 is 35.7 Å². The van der Waals surface area contributed by atoms with Crippen LogP contribution in [0, 0.1) is 0 Å². The third-order valence-corrected chi connectivity index (χ3v) is 22.0. The van der Waals surface area contributed by atoms with Crippen molar-refractivity contribution in [1.29, 1.82) is 0 Å². The second kappa shape index (κ2) is 23.8. The van der Waals surface area contributed by atoms with Crippen molar-refractivity contribution in [3.63, 3.8) is 0 Å². The Hall–Kier alpha value is -8.64. The Kier molecular flexibility index (Phi) is 15.4. The van der Waals surface area contributed by atoms with E-state index >= 15 is 19.2 Å². The number of hydrogen-bond donors (Lipinski definition) is 0. The van der Waals surface area contributed by atoms with Gasteiger partial charge in [-0.25, -0.2) is 0 Å². The summed E-state index contributed by atoms with van der Waals surface area (Å²) in [5.74, 6) is -2.94. The van der Waals surface area contributed by atoms with E-state index in [2.05, 4.69) is 27.7 Å². The van der Waals surface area contributed by atoms with E-state index in [4.69, 9.17) is 0 Å². The molecule has 10 aromatic carbocycles. The van der Waals surface area contributed by atoms with E-state index in [1.807, 2.05) is 72.8 Å². The maximum absolute atomic E-state index is 15.5. The van der Waals surface area contributed by atoms with Crippen LogP contribution in [-0.4, -0.2) is 91.0 Å². The lowest BCUT2D eigenvalue weighted by molar-refractivity contribution is 0.0241. The van der Waals surface area contributed by atoms with Crippen LogP contribution in [0.4, 0.5) is 0 Å². The number of amides is 8. The average Bonchev–Trinajstić information content (AvgIpc) is 0.696. The zero-order valence-electron chi connectivity index (χ0n) is 53.6. The van der Waals surface area contributed by atoms with E-state index in [1.165, 1.54) is 9.80 Å². The Balaban J connectivity index is 0.755. The number of carbonyl (C=O) groups is 8. The van der Waals surface area contributed by atoms with Gasteiger partial charge in [0.2, 0.25) is 0 Å². The molecule has 1 aliphatic carbocycles. The molecule has 0 bridgehead atoms. The topological polar surface area (TPSA) is 150 Å². The minimum absolute atomic E-state index is 0.187. The summed E-state index contributed by atoms with van der Waals surface area (Å²) >= 11 is 0. The van der Waals surface area contributed by atoms with Gasteiger partial charge < -0.3 is 0 Å². The van der Waals surface area contributed by atoms with Crippen molar-refractivity contribution in [2.45, 2.75) is 206 Å². The van der Waals surface area contributed by atoms with Gasteiger partial charge in [-0.3, -0.25) is 58.0 Å². The molecule has 1 saturated carbocycles. The van der Waals surface area contributed by atoms with Gasteiger partial charge in [0, 0.05) is 78.1 Å². The van der Waals surface area contributed by atoms with Crippen molar-refractivity contribution in [3.8, 4) is 0 Å². The smallest absolute Gasteiger partial charge is 0.261 e. The molecule has 12 heteroatoms. The van der Waals surface area contributed by atoms with E-state index in [0.717, 1.165) is 193 Å². The van der Waals surface area contributed by atoms with Gasteiger partial charge in [-0.15, -0.1) is 0 Å². The second-order valence-electron chi connectivity index (χ2n) is 27.3. The number of hydrogen-bond acceptors (Lipinski definition) is 8. The van der Waals surface area contributed by atoms with Crippen molar-refractivity contribution in [2.24, 2.45) is 0 Å². The van der Waals surface area contributed by atoms with Gasteiger partial charge in [0.15, 0.2) is 0 Å². The number of imide groups is 4. The van der Waals surface area contributed by atoms with E-state index in [9.17, 15) is 19.2 Å². The number of benzene rings is 10. The lowest BCUT2D eigenvalue weighted by Gasteiger charge is -2.45. The molecular formula is C80H80N4O8. The highest BCUT2D eigenvalue weighted by Crippen LogP contribution is 2.51. The lowest BCUT2D eigenvalue weighted by atomic mass is 9.80. The van der Waals surface area contributed by atoms with Crippen molar-refractivity contribution < 1.29 is 38.4 Å². The van der Waals surface area contributed by atoms with Crippen LogP contribution in [0.3, 0.4) is 0 Å². The summed E-state index contributed by atoms with van der Waals surface area (Å²) in [6, 6.07) is 28.2. The average molecular weight is 1230 g/mol. The van der Waals surface area contributed by atoms with Gasteiger partial charge >= 0.3 is 0 Å². The largest absolute Gasteiger partial charge is 0.271 e. The van der Waals surface area contributed by atoms with E-state index in [1.54, 1.807) is 34.1 Å². The SMILES string of the molecule is CCCCCCC(CCCCCC)N1C(=O)c2ccc3c4ccc5c6c(ccc(c7ccc(c2c37)C1=O)c64)C(=O)N([C@H]1CCCC[C@@H]1N1C(=O)c2ccc3c4ccc6c7c(ccc(c8ccc(c2c38)C1=O)c74)C(=O)N(C(CCCCCC)CCCCCC)C6=O)C5=O. The van der Waals surface area contributed by atoms with Gasteiger partial charge in [0.1, 0.15) is 0 Å². The Morgan fingerprint density at radius 2 is 0.478 bits per heavy atom. The van der Waals surface area contributed by atoms with Crippen LogP contribution in [-0.2, 0) is 0 Å². The summed E-state index contributed by atoms with van der Waals surface area (Å²) in [5, 5.41) is 12.1. The molecule has 8 amide bonds. The molecule has 4 heterocycles. The summed E-state index contributed by atoms with van der Waals surface area (Å²) in [6.45, 7) is 8.74. The number of unbranched alkanes of at least 4 members (excludes halogenated alkanes) is 12. The van der Waals surface area contributed by atoms with Gasteiger partial charge in [-0.05, 0) is 152 Å². The molecule has 0 saturated heterocycles. The summed E-state index contributed by atoms with van der Waals surface area (Å²) in [6.07, 6.45) is 22.2. The van der Waals surface area contributed by atoms with Crippen LogP contribution in [0.25, 0.3) is 86.2 Å². The zero-order chi connectivity index (χ0) is 63.4. The van der Waals surface area contributed by atoms with Crippen molar-refractivity contribution in [1.82, 2.24) is 19.6 Å². The minimum Gasteiger partial charge on any atom is -0.271 e. The maximum Gasteiger partial charge on any atom is 0.261 e. The molecule has 0 spiro atoms. The molecule has 92 heavy (non-hydrogen) atoms. The number of rotatable bonds is 24. The quantitative estimate of drug-likeness (QED) is 0.0251. The summed E-state index contributed by atoms with van der Waals surface area (Å²) in [4.78, 5) is 127. The fraction of sp³-hybridized carbons (Fsp3) is 0.400. The first-order chi connectivity index (χ1) is 44.9. The molecule has 10 aromatic rings. The third kappa shape index (κ3) is 8.94. The van der Waals surface area contributed by atoms with E-state index in [-0.39, 0.29) is 35.7 Å². The van der Waals surface area contributed by atoms with Gasteiger partial charge in [-0.2, -0.15) is 0 Å². The number of carbonyl (C=O) groups excluding carboxylic acids is 8. The Morgan fingerprint density at radius 1 is 0.272 bits per heavy atom. The second-order valence-corrected chi connectivity index (χ2v) is 27.3. The van der Waals surface area contributed by atoms with Crippen molar-refractivity contribution in [2.75, 3.05) is 0 Å². The first-order valence-corrected chi connectivity index (χ1v) is 34.9. The minimum atomic E-state index is -0.814. The van der Waals surface area contributed by atoms with E-state index in [0.29, 0.717) is 91.7 Å². The predicted octanol–water partition coefficient (Wildman–Crippen LogP) is 18.8. The monoisotopic (exact) mass is 1220 g/mol. The van der Waals surface area contributed by atoms with Gasteiger partial charge in [0.05, 0.1) is 12.1 Å². The Bertz CT molecular complexity index is 4230. The van der Waals surface area contributed by atoms with Gasteiger partial charge in [-0.1, -0.05) is 192 Å². The van der Waals surface area contributed by atoms with Crippen LogP contribution >= 0.6 is 0 Å². The normalized spacial score (nSPS) is 17.7. The molecule has 1 fully saturated rings. The Morgan fingerprint density at radius 3 is 0.685 bits per heavy atom. The fourth-order valence-corrected chi connectivity index (χ4v) is 17.6. The lowest BCUT2D eigenvalue weighted by Crippen LogP contribution is -2.60. The summed E-state index contributed by atoms with van der Waals surface area (Å²) in [5.41, 5.74) is 3.49. The highest BCUT2D eigenvalue weighted by atomic mass is 16.2. The highest BCUT2D eigenvalue weighted by molar-refractivity contribution is 6.43. The zero-order valence-corrected chi connectivity index (χ0v) is 53.6. The Labute approximate surface area is 536 Å². The summed E-state index contributed by atoms with van der Waals surface area (Å²) < 4.78 is 0. The van der Waals surface area contributed by atoms with Crippen LogP contribution in [0.5, 0.6) is 0 Å². The molecule has 2 atom stereocenters. The number of nitrogens with zero attached hydrogens (tertiary/aromatic N) is 4. The molecule has 4 aliphatic heterocycles. The summed E-state index contributed by atoms with van der Waals surface area (Å²) in [7, 11) is 0. The molecule has 0 N–H and O–H groups in total. The number of fused-ring (bicyclic) bond motifs is 4. The third-order valence-electron chi connectivity index (χ3n) is 22.0. The van der Waals surface area contributed by atoms with Crippen LogP contribution in [0.2, 0.25) is 0 Å². The molecular weight excluding hydrogens is 1140 g/mol. The first-order valence-electron chi connectivity index (χ1n) is 34.9. The predicted molar refractivity (Wildman–Crippen MR) is 366 cm³/mol. The van der Waals surface area contributed by atoms with Crippen molar-refractivity contribution in [3.05, 3.63) is 142 Å². The molecule has 0 unspecified atom stereocenters. The molecule has 12 nitrogen and oxygen atoms in total. The molecule has 468 valence electrons. The van der Waals surface area contributed by atoms with Crippen molar-refractivity contribution >= 4 is 133 Å². The molecule has 0 aromatic heterocycles. The highest BCUT2D eigenvalue weighted by Gasteiger charge is 2.49. The van der Waals surface area contributed by atoms with Gasteiger partial charge in [0.25, 0.3) is 47.3 Å². The molecule has 5 aliphatic rings.